The number of aromatic nitrogens is 2. The van der Waals surface area contributed by atoms with Gasteiger partial charge in [0.1, 0.15) is 0 Å². The molecular weight excluding hydrogens is 162 g/mol. The van der Waals surface area contributed by atoms with Gasteiger partial charge in [0.15, 0.2) is 0 Å². The van der Waals surface area contributed by atoms with E-state index in [4.69, 9.17) is 5.73 Å². The van der Waals surface area contributed by atoms with E-state index in [1.165, 1.54) is 24.8 Å². The van der Waals surface area contributed by atoms with E-state index in [9.17, 15) is 0 Å². The molecule has 0 radical (unpaired) electrons. The Bertz CT molecular complexity index is 279. The zero-order valence-electron chi connectivity index (χ0n) is 8.11. The van der Waals surface area contributed by atoms with Crippen molar-refractivity contribution in [3.63, 3.8) is 0 Å². The van der Waals surface area contributed by atoms with E-state index in [0.29, 0.717) is 12.0 Å². The van der Waals surface area contributed by atoms with Gasteiger partial charge in [0.05, 0.1) is 6.20 Å². The number of nitrogens with two attached hydrogens (primary N) is 1. The van der Waals surface area contributed by atoms with Gasteiger partial charge < -0.3 is 5.73 Å². The quantitative estimate of drug-likeness (QED) is 0.747. The molecule has 0 aliphatic heterocycles. The third-order valence-corrected chi connectivity index (χ3v) is 2.97. The summed E-state index contributed by atoms with van der Waals surface area (Å²) < 4.78 is 1.97. The predicted molar refractivity (Wildman–Crippen MR) is 52.5 cm³/mol. The van der Waals surface area contributed by atoms with Crippen molar-refractivity contribution in [2.75, 3.05) is 0 Å². The van der Waals surface area contributed by atoms with Gasteiger partial charge in [-0.2, -0.15) is 5.10 Å². The molecule has 1 saturated carbocycles. The molecule has 0 aromatic carbocycles. The van der Waals surface area contributed by atoms with Gasteiger partial charge in [0, 0.05) is 24.7 Å². The number of hydrogen-bond acceptors (Lipinski definition) is 2. The van der Waals surface area contributed by atoms with E-state index in [2.05, 4.69) is 18.2 Å². The SMILES string of the molecule is CCn1cc(C2CCCC2N)cn1. The van der Waals surface area contributed by atoms with Crippen molar-refractivity contribution in [3.8, 4) is 0 Å². The van der Waals surface area contributed by atoms with E-state index >= 15 is 0 Å². The molecular formula is C10H17N3. The standard InChI is InChI=1S/C10H17N3/c1-2-13-7-8(6-12-13)9-4-3-5-10(9)11/h6-7,9-10H,2-5,11H2,1H3. The Labute approximate surface area is 78.9 Å². The second-order valence-electron chi connectivity index (χ2n) is 3.83. The van der Waals surface area contributed by atoms with Crippen LogP contribution in [0.5, 0.6) is 0 Å². The molecule has 1 aromatic rings. The lowest BCUT2D eigenvalue weighted by atomic mass is 9.98. The Balaban J connectivity index is 2.15. The fraction of sp³-hybridized carbons (Fsp3) is 0.700. The van der Waals surface area contributed by atoms with Crippen LogP contribution in [0.2, 0.25) is 0 Å². The van der Waals surface area contributed by atoms with E-state index in [1.807, 2.05) is 10.9 Å². The normalized spacial score (nSPS) is 28.2. The molecule has 2 N–H and O–H groups in total. The van der Waals surface area contributed by atoms with Crippen molar-refractivity contribution in [2.24, 2.45) is 5.73 Å². The van der Waals surface area contributed by atoms with Crippen LogP contribution in [0.1, 0.15) is 37.7 Å². The molecule has 1 aliphatic rings. The van der Waals surface area contributed by atoms with Gasteiger partial charge in [-0.15, -0.1) is 0 Å². The molecule has 2 unspecified atom stereocenters. The van der Waals surface area contributed by atoms with Crippen molar-refractivity contribution in [2.45, 2.75) is 44.7 Å². The smallest absolute Gasteiger partial charge is 0.0525 e. The van der Waals surface area contributed by atoms with Crippen LogP contribution in [0.25, 0.3) is 0 Å². The van der Waals surface area contributed by atoms with E-state index in [-0.39, 0.29) is 0 Å². The van der Waals surface area contributed by atoms with E-state index in [1.54, 1.807) is 0 Å². The summed E-state index contributed by atoms with van der Waals surface area (Å²) in [6, 6.07) is 0.356. The van der Waals surface area contributed by atoms with Crippen LogP contribution in [-0.4, -0.2) is 15.8 Å². The highest BCUT2D eigenvalue weighted by Crippen LogP contribution is 2.32. The summed E-state index contributed by atoms with van der Waals surface area (Å²) in [7, 11) is 0. The van der Waals surface area contributed by atoms with Gasteiger partial charge in [-0.05, 0) is 25.3 Å². The highest BCUT2D eigenvalue weighted by molar-refractivity contribution is 5.15. The van der Waals surface area contributed by atoms with Crippen LogP contribution in [0.3, 0.4) is 0 Å². The summed E-state index contributed by atoms with van der Waals surface area (Å²) >= 11 is 0. The average Bonchev–Trinajstić information content (AvgIpc) is 2.71. The fourth-order valence-corrected chi connectivity index (χ4v) is 2.15. The minimum Gasteiger partial charge on any atom is -0.327 e. The molecule has 3 nitrogen and oxygen atoms in total. The largest absolute Gasteiger partial charge is 0.327 e. The van der Waals surface area contributed by atoms with Crippen LogP contribution >= 0.6 is 0 Å². The van der Waals surface area contributed by atoms with Gasteiger partial charge in [0.2, 0.25) is 0 Å². The molecule has 0 bridgehead atoms. The molecule has 0 amide bonds. The van der Waals surface area contributed by atoms with E-state index in [0.717, 1.165) is 6.54 Å². The third kappa shape index (κ3) is 1.61. The van der Waals surface area contributed by atoms with Crippen LogP contribution in [-0.2, 0) is 6.54 Å². The summed E-state index contributed by atoms with van der Waals surface area (Å²) in [6.07, 6.45) is 7.77. The molecule has 13 heavy (non-hydrogen) atoms. The van der Waals surface area contributed by atoms with Crippen LogP contribution in [0, 0.1) is 0 Å². The molecule has 0 saturated heterocycles. The molecule has 2 atom stereocenters. The number of aryl methyl sites for hydroxylation is 1. The van der Waals surface area contributed by atoms with Gasteiger partial charge in [0.25, 0.3) is 0 Å². The minimum absolute atomic E-state index is 0.356. The van der Waals surface area contributed by atoms with Crippen molar-refractivity contribution >= 4 is 0 Å². The lowest BCUT2D eigenvalue weighted by Crippen LogP contribution is -2.22. The Hall–Kier alpha value is -0.830. The third-order valence-electron chi connectivity index (χ3n) is 2.97. The number of nitrogens with zero attached hydrogens (tertiary/aromatic N) is 2. The molecule has 3 heteroatoms. The van der Waals surface area contributed by atoms with Gasteiger partial charge in [-0.1, -0.05) is 6.42 Å². The minimum atomic E-state index is 0.356. The summed E-state index contributed by atoms with van der Waals surface area (Å²) in [5, 5.41) is 4.27. The summed E-state index contributed by atoms with van der Waals surface area (Å²) in [6.45, 7) is 3.05. The Morgan fingerprint density at radius 1 is 1.62 bits per heavy atom. The maximum atomic E-state index is 6.02. The molecule has 1 heterocycles. The predicted octanol–water partition coefficient (Wildman–Crippen LogP) is 1.50. The monoisotopic (exact) mass is 179 g/mol. The first-order valence-corrected chi connectivity index (χ1v) is 5.09. The Kier molecular flexibility index (Phi) is 2.36. The lowest BCUT2D eigenvalue weighted by Gasteiger charge is -2.12. The average molecular weight is 179 g/mol. The van der Waals surface area contributed by atoms with Crippen molar-refractivity contribution in [1.29, 1.82) is 0 Å². The molecule has 2 rings (SSSR count). The maximum absolute atomic E-state index is 6.02. The fourth-order valence-electron chi connectivity index (χ4n) is 2.15. The number of hydrogen-bond donors (Lipinski definition) is 1. The van der Waals surface area contributed by atoms with Crippen LogP contribution in [0.4, 0.5) is 0 Å². The first-order chi connectivity index (χ1) is 6.31. The maximum Gasteiger partial charge on any atom is 0.0525 e. The van der Waals surface area contributed by atoms with Crippen molar-refractivity contribution in [1.82, 2.24) is 9.78 Å². The summed E-state index contributed by atoms with van der Waals surface area (Å²) in [5.74, 6) is 0.556. The molecule has 1 fully saturated rings. The second-order valence-corrected chi connectivity index (χ2v) is 3.83. The topological polar surface area (TPSA) is 43.8 Å². The van der Waals surface area contributed by atoms with Crippen LogP contribution in [0.15, 0.2) is 12.4 Å². The highest BCUT2D eigenvalue weighted by atomic mass is 15.3. The molecule has 0 spiro atoms. The summed E-state index contributed by atoms with van der Waals surface area (Å²) in [4.78, 5) is 0. The number of rotatable bonds is 2. The molecule has 1 aliphatic carbocycles. The Morgan fingerprint density at radius 2 is 2.46 bits per heavy atom. The second kappa shape index (κ2) is 3.50. The highest BCUT2D eigenvalue weighted by Gasteiger charge is 2.26. The van der Waals surface area contributed by atoms with Crippen molar-refractivity contribution < 1.29 is 0 Å². The molecule has 1 aromatic heterocycles. The lowest BCUT2D eigenvalue weighted by molar-refractivity contribution is 0.609. The zero-order chi connectivity index (χ0) is 9.26. The van der Waals surface area contributed by atoms with Crippen LogP contribution < -0.4 is 5.73 Å². The first-order valence-electron chi connectivity index (χ1n) is 5.09. The summed E-state index contributed by atoms with van der Waals surface area (Å²) in [5.41, 5.74) is 7.35. The zero-order valence-corrected chi connectivity index (χ0v) is 8.11. The van der Waals surface area contributed by atoms with Gasteiger partial charge in [-0.25, -0.2) is 0 Å². The van der Waals surface area contributed by atoms with Gasteiger partial charge in [-0.3, -0.25) is 4.68 Å². The van der Waals surface area contributed by atoms with E-state index < -0.39 is 0 Å². The Morgan fingerprint density at radius 3 is 3.00 bits per heavy atom. The molecule has 72 valence electrons. The first kappa shape index (κ1) is 8.75. The van der Waals surface area contributed by atoms with Gasteiger partial charge >= 0.3 is 0 Å². The van der Waals surface area contributed by atoms with Crippen molar-refractivity contribution in [3.05, 3.63) is 18.0 Å².